The fourth-order valence-corrected chi connectivity index (χ4v) is 6.66. The van der Waals surface area contributed by atoms with Crippen molar-refractivity contribution < 1.29 is 27.8 Å². The largest absolute Gasteiger partial charge is 0.496 e. The van der Waals surface area contributed by atoms with E-state index >= 15 is 4.39 Å². The molecule has 3 aromatic heterocycles. The van der Waals surface area contributed by atoms with Gasteiger partial charge in [0, 0.05) is 80.7 Å². The van der Waals surface area contributed by atoms with Gasteiger partial charge in [-0.3, -0.25) is 14.3 Å². The molecule has 0 atom stereocenters. The lowest BCUT2D eigenvalue weighted by atomic mass is 9.92. The Kier molecular flexibility index (Phi) is 9.15. The number of nitrogens with zero attached hydrogens (tertiary/aromatic N) is 7. The van der Waals surface area contributed by atoms with E-state index < -0.39 is 11.6 Å². The molecule has 0 spiro atoms. The molecule has 7 rings (SSSR count). The van der Waals surface area contributed by atoms with Crippen molar-refractivity contribution in [2.75, 3.05) is 58.4 Å². The number of amides is 2. The smallest absolute Gasteiger partial charge is 0.270 e. The van der Waals surface area contributed by atoms with E-state index in [4.69, 9.17) is 9.47 Å². The number of carbonyl (C=O) groups is 2. The van der Waals surface area contributed by atoms with Crippen LogP contribution in [0.5, 0.6) is 11.5 Å². The third kappa shape index (κ3) is 6.35. The van der Waals surface area contributed by atoms with E-state index in [-0.39, 0.29) is 47.3 Å². The summed E-state index contributed by atoms with van der Waals surface area (Å²) in [6, 6.07) is 11.2. The van der Waals surface area contributed by atoms with Crippen LogP contribution in [-0.2, 0) is 11.3 Å². The van der Waals surface area contributed by atoms with Gasteiger partial charge in [-0.25, -0.2) is 13.8 Å². The van der Waals surface area contributed by atoms with E-state index in [9.17, 15) is 14.0 Å². The highest BCUT2D eigenvalue weighted by molar-refractivity contribution is 6.05. The van der Waals surface area contributed by atoms with Gasteiger partial charge >= 0.3 is 0 Å². The predicted octanol–water partition coefficient (Wildman–Crippen LogP) is 4.79. The molecule has 5 heterocycles. The second-order valence-electron chi connectivity index (χ2n) is 12.2. The molecule has 14 heteroatoms. The second kappa shape index (κ2) is 14.0. The normalized spacial score (nSPS) is 15.0. The summed E-state index contributed by atoms with van der Waals surface area (Å²) in [5.41, 5.74) is 2.38. The van der Waals surface area contributed by atoms with Crippen LogP contribution in [0.4, 0.5) is 14.6 Å². The third-order valence-electron chi connectivity index (χ3n) is 9.25. The van der Waals surface area contributed by atoms with Crippen LogP contribution in [-0.4, -0.2) is 100 Å². The van der Waals surface area contributed by atoms with Crippen molar-refractivity contribution in [2.45, 2.75) is 19.4 Å². The van der Waals surface area contributed by atoms with Gasteiger partial charge < -0.3 is 29.2 Å². The van der Waals surface area contributed by atoms with Gasteiger partial charge in [-0.15, -0.1) is 5.10 Å². The number of nitrogens with one attached hydrogen (secondary N) is 1. The SMILES string of the molecule is COc1cc(F)ccc1-c1cc(C2=CCCN(C(=O)CCn3ccnn3)C2)c(F)c2[nH]c(C(=O)N3CCN(c4ncccc4OC)CC3)cc12. The summed E-state index contributed by atoms with van der Waals surface area (Å²) in [4.78, 5) is 40.1. The highest BCUT2D eigenvalue weighted by Crippen LogP contribution is 2.40. The molecule has 258 valence electrons. The number of pyridine rings is 1. The number of aryl methyl sites for hydroxylation is 1. The molecule has 0 bridgehead atoms. The number of hydrogen-bond donors (Lipinski definition) is 1. The first-order valence-electron chi connectivity index (χ1n) is 16.4. The minimum absolute atomic E-state index is 0.0812. The maximum absolute atomic E-state index is 16.7. The number of aromatic amines is 1. The van der Waals surface area contributed by atoms with Crippen molar-refractivity contribution in [3.05, 3.63) is 90.0 Å². The van der Waals surface area contributed by atoms with E-state index in [0.717, 1.165) is 0 Å². The summed E-state index contributed by atoms with van der Waals surface area (Å²) < 4.78 is 43.6. The van der Waals surface area contributed by atoms with Gasteiger partial charge in [0.25, 0.3) is 5.91 Å². The maximum Gasteiger partial charge on any atom is 0.270 e. The van der Waals surface area contributed by atoms with Gasteiger partial charge in [-0.05, 0) is 54.0 Å². The molecule has 5 aromatic rings. The van der Waals surface area contributed by atoms with Crippen LogP contribution >= 0.6 is 0 Å². The predicted molar refractivity (Wildman–Crippen MR) is 183 cm³/mol. The zero-order chi connectivity index (χ0) is 34.8. The van der Waals surface area contributed by atoms with Gasteiger partial charge in [0.1, 0.15) is 17.3 Å². The Morgan fingerprint density at radius 2 is 1.72 bits per heavy atom. The molecule has 0 unspecified atom stereocenters. The van der Waals surface area contributed by atoms with Gasteiger partial charge in [-0.2, -0.15) is 0 Å². The van der Waals surface area contributed by atoms with Crippen molar-refractivity contribution in [2.24, 2.45) is 0 Å². The van der Waals surface area contributed by atoms with E-state index in [0.29, 0.717) is 79.3 Å². The molecule has 1 N–H and O–H groups in total. The summed E-state index contributed by atoms with van der Waals surface area (Å²) in [5.74, 6) is 0.264. The standard InChI is InChI=1S/C36H36F2N8O4/c1-49-30-6-3-10-39-35(30)43-15-17-44(18-16-43)36(48)29-21-28-27(25-8-7-24(37)19-31(25)50-2)20-26(33(38)34(28)41-29)23-5-4-12-45(22-23)32(47)9-13-46-14-11-40-42-46/h3,5-8,10-11,14,19-21,41H,4,9,12-13,15-18,22H2,1-2H3. The van der Waals surface area contributed by atoms with E-state index in [1.54, 1.807) is 64.4 Å². The summed E-state index contributed by atoms with van der Waals surface area (Å²) >= 11 is 0. The Bertz CT molecular complexity index is 2070. The summed E-state index contributed by atoms with van der Waals surface area (Å²) in [7, 11) is 3.04. The van der Waals surface area contributed by atoms with Gasteiger partial charge in [0.15, 0.2) is 17.4 Å². The first-order chi connectivity index (χ1) is 24.3. The number of fused-ring (bicyclic) bond motifs is 1. The molecule has 0 aliphatic carbocycles. The monoisotopic (exact) mass is 682 g/mol. The number of aromatic nitrogens is 5. The average molecular weight is 683 g/mol. The molecular formula is C36H36F2N8O4. The van der Waals surface area contributed by atoms with Gasteiger partial charge in [0.2, 0.25) is 5.91 Å². The zero-order valence-electron chi connectivity index (χ0n) is 27.7. The molecule has 1 fully saturated rings. The number of piperazine rings is 1. The lowest BCUT2D eigenvalue weighted by Crippen LogP contribution is -2.49. The number of halogens is 2. The van der Waals surface area contributed by atoms with E-state index in [2.05, 4.69) is 25.2 Å². The van der Waals surface area contributed by atoms with Crippen LogP contribution in [0.15, 0.2) is 67.1 Å². The molecule has 2 aliphatic rings. The van der Waals surface area contributed by atoms with Crippen LogP contribution in [0.3, 0.4) is 0 Å². The molecule has 0 saturated carbocycles. The number of carbonyl (C=O) groups excluding carboxylic acids is 2. The fraction of sp³-hybridized carbons (Fsp3) is 0.306. The number of benzene rings is 2. The summed E-state index contributed by atoms with van der Waals surface area (Å²) in [6.07, 6.45) is 7.65. The Labute approximate surface area is 286 Å². The molecule has 12 nitrogen and oxygen atoms in total. The van der Waals surface area contributed by atoms with Crippen molar-refractivity contribution >= 4 is 34.1 Å². The highest BCUT2D eigenvalue weighted by atomic mass is 19.1. The van der Waals surface area contributed by atoms with Gasteiger partial charge in [0.05, 0.1) is 32.5 Å². The number of rotatable bonds is 9. The number of methoxy groups -OCH3 is 2. The van der Waals surface area contributed by atoms with Crippen LogP contribution in [0.1, 0.15) is 28.9 Å². The lowest BCUT2D eigenvalue weighted by Gasteiger charge is -2.35. The lowest BCUT2D eigenvalue weighted by molar-refractivity contribution is -0.131. The molecule has 50 heavy (non-hydrogen) atoms. The van der Waals surface area contributed by atoms with Crippen LogP contribution in [0.25, 0.3) is 27.6 Å². The molecule has 0 radical (unpaired) electrons. The quantitative estimate of drug-likeness (QED) is 0.236. The zero-order valence-corrected chi connectivity index (χ0v) is 27.7. The Morgan fingerprint density at radius 1 is 0.900 bits per heavy atom. The van der Waals surface area contributed by atoms with Crippen LogP contribution in [0, 0.1) is 11.6 Å². The minimum atomic E-state index is -0.542. The number of anilines is 1. The van der Waals surface area contributed by atoms with Crippen LogP contribution in [0.2, 0.25) is 0 Å². The second-order valence-corrected chi connectivity index (χ2v) is 12.2. The Balaban J connectivity index is 1.20. The molecule has 1 saturated heterocycles. The van der Waals surface area contributed by atoms with Crippen LogP contribution < -0.4 is 14.4 Å². The van der Waals surface area contributed by atoms with Gasteiger partial charge in [-0.1, -0.05) is 11.3 Å². The van der Waals surface area contributed by atoms with E-state index in [1.165, 1.54) is 19.2 Å². The minimum Gasteiger partial charge on any atom is -0.496 e. The van der Waals surface area contributed by atoms with Crippen molar-refractivity contribution in [3.63, 3.8) is 0 Å². The Morgan fingerprint density at radius 3 is 2.48 bits per heavy atom. The van der Waals surface area contributed by atoms with E-state index in [1.807, 2.05) is 12.1 Å². The third-order valence-corrected chi connectivity index (χ3v) is 9.25. The topological polar surface area (TPSA) is 122 Å². The maximum atomic E-state index is 16.7. The molecule has 2 aromatic carbocycles. The van der Waals surface area contributed by atoms with Crippen molar-refractivity contribution in [1.82, 2.24) is 34.8 Å². The Hall–Kier alpha value is -5.79. The molecular weight excluding hydrogens is 646 g/mol. The first kappa shape index (κ1) is 32.7. The number of hydrogen-bond acceptors (Lipinski definition) is 8. The first-order valence-corrected chi connectivity index (χ1v) is 16.4. The molecule has 2 amide bonds. The molecule has 2 aliphatic heterocycles. The average Bonchev–Trinajstić information content (AvgIpc) is 3.85. The summed E-state index contributed by atoms with van der Waals surface area (Å²) in [5, 5.41) is 8.16. The number of H-pyrrole nitrogens is 1. The van der Waals surface area contributed by atoms with Crippen molar-refractivity contribution in [1.29, 1.82) is 0 Å². The number of ether oxygens (including phenoxy) is 2. The fourth-order valence-electron chi connectivity index (χ4n) is 6.66. The highest BCUT2D eigenvalue weighted by Gasteiger charge is 2.29. The van der Waals surface area contributed by atoms with Crippen molar-refractivity contribution in [3.8, 4) is 22.6 Å². The summed E-state index contributed by atoms with van der Waals surface area (Å²) in [6.45, 7) is 3.02.